The van der Waals surface area contributed by atoms with E-state index in [0.717, 1.165) is 30.2 Å². The monoisotopic (exact) mass is 404 g/mol. The third-order valence-corrected chi connectivity index (χ3v) is 7.37. The molecule has 28 heavy (non-hydrogen) atoms. The number of nitrogens with one attached hydrogen (secondary N) is 2. The van der Waals surface area contributed by atoms with Gasteiger partial charge in [0, 0.05) is 22.6 Å². The molecular formula is C20H24N2O5S. The molecule has 1 aliphatic carbocycles. The van der Waals surface area contributed by atoms with Crippen molar-refractivity contribution in [1.29, 1.82) is 0 Å². The Bertz CT molecular complexity index is 1040. The van der Waals surface area contributed by atoms with E-state index in [9.17, 15) is 18.0 Å². The summed E-state index contributed by atoms with van der Waals surface area (Å²) in [6.45, 7) is 1.81. The number of hydrogen-bond donors (Lipinski definition) is 2. The molecule has 2 aliphatic rings. The summed E-state index contributed by atoms with van der Waals surface area (Å²) < 4.78 is 28.0. The van der Waals surface area contributed by atoms with Gasteiger partial charge >= 0.3 is 5.97 Å². The molecule has 1 aromatic heterocycles. The Balaban J connectivity index is 1.40. The van der Waals surface area contributed by atoms with Crippen molar-refractivity contribution in [3.05, 3.63) is 35.0 Å². The molecule has 0 unspecified atom stereocenters. The Kier molecular flexibility index (Phi) is 4.91. The van der Waals surface area contributed by atoms with Crippen molar-refractivity contribution in [3.63, 3.8) is 0 Å². The Morgan fingerprint density at radius 3 is 2.86 bits per heavy atom. The summed E-state index contributed by atoms with van der Waals surface area (Å²) in [6.07, 6.45) is 3.56. The molecule has 2 atom stereocenters. The van der Waals surface area contributed by atoms with E-state index < -0.39 is 34.4 Å². The van der Waals surface area contributed by atoms with Crippen molar-refractivity contribution >= 4 is 32.6 Å². The van der Waals surface area contributed by atoms with Gasteiger partial charge in [-0.25, -0.2) is 13.2 Å². The fourth-order valence-corrected chi connectivity index (χ4v) is 5.78. The first kappa shape index (κ1) is 19.0. The Morgan fingerprint density at radius 2 is 2.11 bits per heavy atom. The Hall–Kier alpha value is -2.35. The molecule has 1 fully saturated rings. The highest BCUT2D eigenvalue weighted by molar-refractivity contribution is 7.91. The maximum absolute atomic E-state index is 12.4. The molecule has 8 heteroatoms. The van der Waals surface area contributed by atoms with Crippen molar-refractivity contribution < 1.29 is 22.7 Å². The highest BCUT2D eigenvalue weighted by atomic mass is 32.2. The van der Waals surface area contributed by atoms with E-state index in [0.29, 0.717) is 17.9 Å². The lowest BCUT2D eigenvalue weighted by atomic mass is 9.87. The number of ether oxygens (including phenoxy) is 1. The summed E-state index contributed by atoms with van der Waals surface area (Å²) >= 11 is 0. The lowest BCUT2D eigenvalue weighted by Gasteiger charge is -2.18. The summed E-state index contributed by atoms with van der Waals surface area (Å²) in [5.41, 5.74) is 3.92. The molecule has 0 radical (unpaired) electrons. The lowest BCUT2D eigenvalue weighted by Crippen LogP contribution is -2.38. The van der Waals surface area contributed by atoms with Crippen LogP contribution >= 0.6 is 0 Å². The summed E-state index contributed by atoms with van der Waals surface area (Å²) in [5, 5.41) is 3.65. The molecule has 1 amide bonds. The number of carbonyl (C=O) groups is 2. The molecule has 1 aliphatic heterocycles. The average Bonchev–Trinajstić information content (AvgIpc) is 3.18. The van der Waals surface area contributed by atoms with Crippen LogP contribution in [-0.4, -0.2) is 49.4 Å². The molecule has 2 aromatic rings. The van der Waals surface area contributed by atoms with E-state index in [4.69, 9.17) is 4.74 Å². The van der Waals surface area contributed by atoms with Gasteiger partial charge in [-0.15, -0.1) is 0 Å². The van der Waals surface area contributed by atoms with E-state index in [1.165, 1.54) is 11.3 Å². The van der Waals surface area contributed by atoms with Gasteiger partial charge < -0.3 is 15.0 Å². The number of hydrogen-bond acceptors (Lipinski definition) is 5. The first-order valence-corrected chi connectivity index (χ1v) is 11.4. The van der Waals surface area contributed by atoms with Crippen molar-refractivity contribution in [2.24, 2.45) is 5.92 Å². The number of aromatic amines is 1. The third kappa shape index (κ3) is 3.92. The molecule has 0 spiro atoms. The van der Waals surface area contributed by atoms with E-state index in [1.807, 2.05) is 12.1 Å². The summed E-state index contributed by atoms with van der Waals surface area (Å²) in [5.74, 6) is -0.401. The molecule has 0 saturated carbocycles. The van der Waals surface area contributed by atoms with Crippen LogP contribution in [0.5, 0.6) is 0 Å². The minimum absolute atomic E-state index is 0.0552. The van der Waals surface area contributed by atoms with E-state index in [-0.39, 0.29) is 11.5 Å². The molecule has 1 aromatic carbocycles. The Morgan fingerprint density at radius 1 is 1.29 bits per heavy atom. The van der Waals surface area contributed by atoms with Crippen LogP contribution in [0.25, 0.3) is 10.9 Å². The minimum Gasteiger partial charge on any atom is -0.452 e. The quantitative estimate of drug-likeness (QED) is 0.756. The number of benzene rings is 1. The van der Waals surface area contributed by atoms with Gasteiger partial charge in [0.1, 0.15) is 0 Å². The highest BCUT2D eigenvalue weighted by Gasteiger charge is 2.29. The molecule has 0 bridgehead atoms. The zero-order valence-electron chi connectivity index (χ0n) is 15.8. The van der Waals surface area contributed by atoms with Gasteiger partial charge in [-0.2, -0.15) is 0 Å². The molecular weight excluding hydrogens is 380 g/mol. The van der Waals surface area contributed by atoms with Gasteiger partial charge in [-0.05, 0) is 55.4 Å². The standard InChI is InChI=1S/C20H24N2O5S/c1-12-2-4-17-15(8-12)16-9-13(3-5-18(16)22-17)20(24)27-10-19(23)21-14-6-7-28(25,26)11-14/h3,5,9,12,14,22H,2,4,6-8,10-11H2,1H3,(H,21,23)/t12-,14+/m1/s1. The maximum atomic E-state index is 12.4. The van der Waals surface area contributed by atoms with Crippen LogP contribution in [0.4, 0.5) is 0 Å². The van der Waals surface area contributed by atoms with Crippen molar-refractivity contribution in [3.8, 4) is 0 Å². The molecule has 1 saturated heterocycles. The molecule has 2 heterocycles. The van der Waals surface area contributed by atoms with Crippen LogP contribution in [-0.2, 0) is 32.2 Å². The van der Waals surface area contributed by atoms with Gasteiger partial charge in [-0.3, -0.25) is 4.79 Å². The van der Waals surface area contributed by atoms with Gasteiger partial charge in [0.2, 0.25) is 0 Å². The average molecular weight is 404 g/mol. The number of carbonyl (C=O) groups excluding carboxylic acids is 2. The number of aryl methyl sites for hydroxylation is 1. The largest absolute Gasteiger partial charge is 0.452 e. The predicted octanol–water partition coefficient (Wildman–Crippen LogP) is 1.75. The molecule has 7 nitrogen and oxygen atoms in total. The third-order valence-electron chi connectivity index (χ3n) is 5.60. The summed E-state index contributed by atoms with van der Waals surface area (Å²) in [7, 11) is -3.07. The second-order valence-electron chi connectivity index (χ2n) is 7.93. The minimum atomic E-state index is -3.07. The molecule has 2 N–H and O–H groups in total. The second-order valence-corrected chi connectivity index (χ2v) is 10.2. The topological polar surface area (TPSA) is 105 Å². The van der Waals surface area contributed by atoms with Gasteiger partial charge in [0.15, 0.2) is 16.4 Å². The number of sulfone groups is 1. The van der Waals surface area contributed by atoms with Crippen molar-refractivity contribution in [2.45, 2.75) is 38.6 Å². The predicted molar refractivity (Wildman–Crippen MR) is 105 cm³/mol. The van der Waals surface area contributed by atoms with Gasteiger partial charge in [-0.1, -0.05) is 6.92 Å². The summed E-state index contributed by atoms with van der Waals surface area (Å²) in [4.78, 5) is 27.8. The zero-order chi connectivity index (χ0) is 19.9. The number of esters is 1. The molecule has 150 valence electrons. The van der Waals surface area contributed by atoms with E-state index in [2.05, 4.69) is 17.2 Å². The van der Waals surface area contributed by atoms with Crippen molar-refractivity contribution in [2.75, 3.05) is 18.1 Å². The number of fused-ring (bicyclic) bond motifs is 3. The zero-order valence-corrected chi connectivity index (χ0v) is 16.6. The fraction of sp³-hybridized carbons (Fsp3) is 0.500. The highest BCUT2D eigenvalue weighted by Crippen LogP contribution is 2.32. The van der Waals surface area contributed by atoms with Crippen LogP contribution in [0, 0.1) is 5.92 Å². The van der Waals surface area contributed by atoms with E-state index in [1.54, 1.807) is 6.07 Å². The SMILES string of the molecule is C[C@@H]1CCc2[nH]c3ccc(C(=O)OCC(=O)N[C@H]4CCS(=O)(=O)C4)cc3c2C1. The first-order chi connectivity index (χ1) is 13.3. The smallest absolute Gasteiger partial charge is 0.338 e. The fourth-order valence-electron chi connectivity index (χ4n) is 4.11. The molecule has 4 rings (SSSR count). The first-order valence-electron chi connectivity index (χ1n) is 9.61. The Labute approximate surface area is 163 Å². The maximum Gasteiger partial charge on any atom is 0.338 e. The van der Waals surface area contributed by atoms with Gasteiger partial charge in [0.25, 0.3) is 5.91 Å². The van der Waals surface area contributed by atoms with Crippen LogP contribution in [0.15, 0.2) is 18.2 Å². The van der Waals surface area contributed by atoms with Crippen LogP contribution in [0.2, 0.25) is 0 Å². The van der Waals surface area contributed by atoms with Crippen molar-refractivity contribution in [1.82, 2.24) is 10.3 Å². The van der Waals surface area contributed by atoms with Crippen LogP contribution in [0.3, 0.4) is 0 Å². The number of rotatable bonds is 4. The second kappa shape index (κ2) is 7.24. The van der Waals surface area contributed by atoms with Crippen LogP contribution < -0.4 is 5.32 Å². The summed E-state index contributed by atoms with van der Waals surface area (Å²) in [6, 6.07) is 4.99. The number of aromatic nitrogens is 1. The lowest BCUT2D eigenvalue weighted by molar-refractivity contribution is -0.124. The van der Waals surface area contributed by atoms with Crippen LogP contribution in [0.1, 0.15) is 41.4 Å². The van der Waals surface area contributed by atoms with E-state index >= 15 is 0 Å². The number of H-pyrrole nitrogens is 1. The normalized spacial score (nSPS) is 23.3. The van der Waals surface area contributed by atoms with Gasteiger partial charge in [0.05, 0.1) is 17.1 Å². The number of amides is 1.